The summed E-state index contributed by atoms with van der Waals surface area (Å²) in [5.74, 6) is 0.604. The molecule has 5 rings (SSSR count). The number of piperidine rings is 2. The van der Waals surface area contributed by atoms with Crippen molar-refractivity contribution < 1.29 is 14.3 Å². The van der Waals surface area contributed by atoms with E-state index in [1.54, 1.807) is 0 Å². The first kappa shape index (κ1) is 19.1. The molecule has 3 heterocycles. The maximum absolute atomic E-state index is 13.3. The fraction of sp³-hybridized carbons (Fsp3) is 0.667. The molecule has 0 bridgehead atoms. The molecule has 1 unspecified atom stereocenters. The molecule has 5 heteroatoms. The number of carbonyl (C=O) groups is 2. The minimum Gasteiger partial charge on any atom is -0.376 e. The van der Waals surface area contributed by atoms with E-state index in [1.807, 2.05) is 18.2 Å². The van der Waals surface area contributed by atoms with Gasteiger partial charge in [0.2, 0.25) is 11.8 Å². The van der Waals surface area contributed by atoms with Crippen molar-refractivity contribution in [3.8, 4) is 0 Å². The van der Waals surface area contributed by atoms with Crippen LogP contribution in [0.4, 0.5) is 0 Å². The molecule has 1 aromatic rings. The van der Waals surface area contributed by atoms with Crippen LogP contribution >= 0.6 is 0 Å². The van der Waals surface area contributed by atoms with Crippen molar-refractivity contribution in [3.63, 3.8) is 0 Å². The van der Waals surface area contributed by atoms with Crippen LogP contribution in [0, 0.1) is 5.41 Å². The van der Waals surface area contributed by atoms with Gasteiger partial charge in [0.05, 0.1) is 11.5 Å². The molecular weight excluding hydrogens is 364 g/mol. The summed E-state index contributed by atoms with van der Waals surface area (Å²) in [6.07, 6.45) is 7.99. The number of nitrogens with zero attached hydrogens (tertiary/aromatic N) is 2. The molecule has 1 saturated carbocycles. The van der Waals surface area contributed by atoms with E-state index < -0.39 is 0 Å². The number of hydrogen-bond acceptors (Lipinski definition) is 3. The Labute approximate surface area is 173 Å². The lowest BCUT2D eigenvalue weighted by Crippen LogP contribution is -2.54. The Morgan fingerprint density at radius 3 is 2.48 bits per heavy atom. The van der Waals surface area contributed by atoms with Crippen LogP contribution in [-0.2, 0) is 19.7 Å². The van der Waals surface area contributed by atoms with Crippen LogP contribution < -0.4 is 0 Å². The highest BCUT2D eigenvalue weighted by atomic mass is 16.5. The third kappa shape index (κ3) is 3.58. The Morgan fingerprint density at radius 1 is 1.07 bits per heavy atom. The molecule has 4 fully saturated rings. The lowest BCUT2D eigenvalue weighted by Gasteiger charge is -2.48. The second kappa shape index (κ2) is 7.42. The van der Waals surface area contributed by atoms with E-state index in [9.17, 15) is 9.59 Å². The number of benzene rings is 1. The van der Waals surface area contributed by atoms with Gasteiger partial charge in [-0.25, -0.2) is 0 Å². The standard InChI is InChI=1S/C24H32N2O3/c27-21-8-9-23(18-26(21)17-20-7-4-16-29-20)12-14-25(15-13-23)22(28)24(10-11-24)19-5-2-1-3-6-19/h1-3,5-6,20H,4,7-18H2. The van der Waals surface area contributed by atoms with Gasteiger partial charge in [-0.2, -0.15) is 0 Å². The fourth-order valence-corrected chi connectivity index (χ4v) is 5.71. The normalized spacial score (nSPS) is 28.0. The van der Waals surface area contributed by atoms with Crippen LogP contribution in [0.1, 0.15) is 56.9 Å². The molecule has 3 saturated heterocycles. The number of ether oxygens (including phenoxy) is 1. The summed E-state index contributed by atoms with van der Waals surface area (Å²) in [5, 5.41) is 0. The quantitative estimate of drug-likeness (QED) is 0.786. The Morgan fingerprint density at radius 2 is 1.83 bits per heavy atom. The summed E-state index contributed by atoms with van der Waals surface area (Å²) >= 11 is 0. The fourth-order valence-electron chi connectivity index (χ4n) is 5.71. The number of likely N-dealkylation sites (tertiary alicyclic amines) is 2. The Bertz CT molecular complexity index is 760. The summed E-state index contributed by atoms with van der Waals surface area (Å²) in [7, 11) is 0. The highest BCUT2D eigenvalue weighted by Crippen LogP contribution is 2.50. The molecule has 4 aliphatic rings. The van der Waals surface area contributed by atoms with E-state index in [1.165, 1.54) is 5.56 Å². The van der Waals surface area contributed by atoms with Gasteiger partial charge in [0.1, 0.15) is 0 Å². The second-order valence-electron chi connectivity index (χ2n) is 9.65. The van der Waals surface area contributed by atoms with Crippen molar-refractivity contribution >= 4 is 11.8 Å². The SMILES string of the molecule is O=C1CCC2(CCN(C(=O)C3(c4ccccc4)CC3)CC2)CN1CC1CCCO1. The Kier molecular flexibility index (Phi) is 4.89. The molecule has 29 heavy (non-hydrogen) atoms. The third-order valence-corrected chi connectivity index (χ3v) is 7.79. The summed E-state index contributed by atoms with van der Waals surface area (Å²) in [5.41, 5.74) is 1.10. The van der Waals surface area contributed by atoms with Gasteiger partial charge in [-0.1, -0.05) is 30.3 Å². The molecule has 2 amide bonds. The lowest BCUT2D eigenvalue weighted by atomic mass is 9.72. The molecule has 3 aliphatic heterocycles. The van der Waals surface area contributed by atoms with Crippen molar-refractivity contribution in [2.45, 2.75) is 62.9 Å². The van der Waals surface area contributed by atoms with Crippen LogP contribution in [0.15, 0.2) is 30.3 Å². The van der Waals surface area contributed by atoms with Crippen molar-refractivity contribution in [3.05, 3.63) is 35.9 Å². The zero-order valence-electron chi connectivity index (χ0n) is 17.3. The van der Waals surface area contributed by atoms with E-state index >= 15 is 0 Å². The van der Waals surface area contributed by atoms with Crippen LogP contribution in [-0.4, -0.2) is 60.5 Å². The first-order valence-electron chi connectivity index (χ1n) is 11.3. The third-order valence-electron chi connectivity index (χ3n) is 7.79. The van der Waals surface area contributed by atoms with Crippen LogP contribution in [0.2, 0.25) is 0 Å². The van der Waals surface area contributed by atoms with Crippen LogP contribution in [0.25, 0.3) is 0 Å². The molecule has 0 aromatic heterocycles. The highest BCUT2D eigenvalue weighted by Gasteiger charge is 2.54. The lowest BCUT2D eigenvalue weighted by molar-refractivity contribution is -0.144. The van der Waals surface area contributed by atoms with Gasteiger partial charge < -0.3 is 14.5 Å². The van der Waals surface area contributed by atoms with E-state index in [0.717, 1.165) is 77.7 Å². The van der Waals surface area contributed by atoms with E-state index in [4.69, 9.17) is 4.74 Å². The predicted octanol–water partition coefficient (Wildman–Crippen LogP) is 3.13. The van der Waals surface area contributed by atoms with Gasteiger partial charge in [-0.15, -0.1) is 0 Å². The van der Waals surface area contributed by atoms with Crippen molar-refractivity contribution in [2.75, 3.05) is 32.8 Å². The van der Waals surface area contributed by atoms with Gasteiger partial charge in [0, 0.05) is 39.2 Å². The summed E-state index contributed by atoms with van der Waals surface area (Å²) in [4.78, 5) is 30.0. The molecule has 1 atom stereocenters. The minimum atomic E-state index is -0.264. The smallest absolute Gasteiger partial charge is 0.233 e. The van der Waals surface area contributed by atoms with E-state index in [0.29, 0.717) is 12.3 Å². The minimum absolute atomic E-state index is 0.187. The summed E-state index contributed by atoms with van der Waals surface area (Å²) in [6.45, 7) is 4.08. The van der Waals surface area contributed by atoms with Gasteiger partial charge in [-0.05, 0) is 55.9 Å². The maximum atomic E-state index is 13.3. The zero-order chi connectivity index (χ0) is 19.9. The maximum Gasteiger partial charge on any atom is 0.233 e. The average Bonchev–Trinajstić information content (AvgIpc) is 3.42. The Balaban J connectivity index is 1.22. The number of amides is 2. The number of hydrogen-bond donors (Lipinski definition) is 0. The van der Waals surface area contributed by atoms with Crippen LogP contribution in [0.5, 0.6) is 0 Å². The molecule has 156 valence electrons. The molecule has 0 N–H and O–H groups in total. The molecule has 0 radical (unpaired) electrons. The van der Waals surface area contributed by atoms with E-state index in [-0.39, 0.29) is 22.8 Å². The zero-order valence-corrected chi connectivity index (χ0v) is 17.3. The van der Waals surface area contributed by atoms with Gasteiger partial charge >= 0.3 is 0 Å². The first-order valence-corrected chi connectivity index (χ1v) is 11.3. The van der Waals surface area contributed by atoms with Gasteiger partial charge in [-0.3, -0.25) is 9.59 Å². The second-order valence-corrected chi connectivity index (χ2v) is 9.65. The first-order chi connectivity index (χ1) is 14.1. The molecule has 1 spiro atoms. The Hall–Kier alpha value is -1.88. The van der Waals surface area contributed by atoms with E-state index in [2.05, 4.69) is 21.9 Å². The average molecular weight is 397 g/mol. The van der Waals surface area contributed by atoms with Crippen LogP contribution in [0.3, 0.4) is 0 Å². The largest absolute Gasteiger partial charge is 0.376 e. The molecule has 1 aromatic carbocycles. The van der Waals surface area contributed by atoms with Crippen molar-refractivity contribution in [1.29, 1.82) is 0 Å². The monoisotopic (exact) mass is 396 g/mol. The molecule has 1 aliphatic carbocycles. The summed E-state index contributed by atoms with van der Waals surface area (Å²) in [6, 6.07) is 10.3. The highest BCUT2D eigenvalue weighted by molar-refractivity contribution is 5.91. The van der Waals surface area contributed by atoms with Crippen molar-refractivity contribution in [2.24, 2.45) is 5.41 Å². The summed E-state index contributed by atoms with van der Waals surface area (Å²) < 4.78 is 5.77. The number of rotatable bonds is 4. The topological polar surface area (TPSA) is 49.9 Å². The van der Waals surface area contributed by atoms with Crippen molar-refractivity contribution in [1.82, 2.24) is 9.80 Å². The van der Waals surface area contributed by atoms with Gasteiger partial charge in [0.25, 0.3) is 0 Å². The molecular formula is C24H32N2O3. The predicted molar refractivity (Wildman–Crippen MR) is 110 cm³/mol. The number of carbonyl (C=O) groups excluding carboxylic acids is 2. The molecule has 5 nitrogen and oxygen atoms in total. The van der Waals surface area contributed by atoms with Gasteiger partial charge in [0.15, 0.2) is 0 Å².